The molecule has 3 heterocycles. The maximum Gasteiger partial charge on any atom is 0.232 e. The Morgan fingerprint density at radius 3 is 2.26 bits per heavy atom. The van der Waals surface area contributed by atoms with E-state index in [1.807, 2.05) is 0 Å². The van der Waals surface area contributed by atoms with Gasteiger partial charge in [0.05, 0.1) is 0 Å². The monoisotopic (exact) mass is 497 g/mol. The van der Waals surface area contributed by atoms with Crippen molar-refractivity contribution in [3.63, 3.8) is 0 Å². The standard InChI is InChI=1S/C26H39N7OS/c1-20-16-21(2)19-33(18-20)24-17-23(28-25(29-24)30-26(35)27-10-7-15-34-3)32-13-11-31(12-14-32)22-8-5-4-6-9-22/h4-6,8-9,17,20-21H,7,10-16,18-19H2,1-3H3,(H2,27,28,29,30,35)/t20-,21-/m0/s1. The second-order valence-corrected chi connectivity index (χ2v) is 10.2. The predicted molar refractivity (Wildman–Crippen MR) is 149 cm³/mol. The minimum absolute atomic E-state index is 0.540. The second-order valence-electron chi connectivity index (χ2n) is 9.80. The molecule has 2 saturated heterocycles. The molecular weight excluding hydrogens is 458 g/mol. The Hall–Kier alpha value is -2.65. The Morgan fingerprint density at radius 2 is 1.60 bits per heavy atom. The summed E-state index contributed by atoms with van der Waals surface area (Å²) in [6.07, 6.45) is 2.15. The lowest BCUT2D eigenvalue weighted by Gasteiger charge is -2.38. The first-order valence-electron chi connectivity index (χ1n) is 12.7. The molecule has 2 aliphatic rings. The lowest BCUT2D eigenvalue weighted by Crippen LogP contribution is -2.47. The molecule has 9 heteroatoms. The van der Waals surface area contributed by atoms with Gasteiger partial charge in [0, 0.05) is 71.3 Å². The number of piperazine rings is 1. The summed E-state index contributed by atoms with van der Waals surface area (Å²) in [5, 5.41) is 7.00. The van der Waals surface area contributed by atoms with E-state index in [2.05, 4.69) is 75.6 Å². The SMILES string of the molecule is COCCCNC(=S)Nc1nc(N2CCN(c3ccccc3)CC2)cc(N2C[C@@H](C)C[C@H](C)C2)n1. The zero-order valence-electron chi connectivity index (χ0n) is 21.2. The molecule has 8 nitrogen and oxygen atoms in total. The third-order valence-electron chi connectivity index (χ3n) is 6.65. The van der Waals surface area contributed by atoms with Gasteiger partial charge in [0.15, 0.2) is 5.11 Å². The molecule has 0 bridgehead atoms. The van der Waals surface area contributed by atoms with Crippen molar-refractivity contribution in [1.82, 2.24) is 15.3 Å². The van der Waals surface area contributed by atoms with E-state index in [1.165, 1.54) is 12.1 Å². The number of anilines is 4. The predicted octanol–water partition coefficient (Wildman–Crippen LogP) is 3.61. The summed E-state index contributed by atoms with van der Waals surface area (Å²) >= 11 is 5.52. The molecule has 190 valence electrons. The number of nitrogens with zero attached hydrogens (tertiary/aromatic N) is 5. The zero-order valence-corrected chi connectivity index (χ0v) is 22.1. The number of thiocarbonyl (C=S) groups is 1. The molecule has 1 aromatic heterocycles. The van der Waals surface area contributed by atoms with Crippen LogP contribution < -0.4 is 25.3 Å². The topological polar surface area (TPSA) is 68.8 Å². The molecule has 0 unspecified atom stereocenters. The van der Waals surface area contributed by atoms with Gasteiger partial charge in [-0.3, -0.25) is 0 Å². The summed E-state index contributed by atoms with van der Waals surface area (Å²) < 4.78 is 5.12. The molecule has 2 aliphatic heterocycles. The van der Waals surface area contributed by atoms with Crippen molar-refractivity contribution in [2.24, 2.45) is 11.8 Å². The highest BCUT2D eigenvalue weighted by molar-refractivity contribution is 7.80. The van der Waals surface area contributed by atoms with Gasteiger partial charge in [-0.05, 0) is 49.0 Å². The van der Waals surface area contributed by atoms with Crippen molar-refractivity contribution in [1.29, 1.82) is 0 Å². The first-order chi connectivity index (χ1) is 17.0. The van der Waals surface area contributed by atoms with Crippen LogP contribution in [0.15, 0.2) is 36.4 Å². The number of piperidine rings is 1. The summed E-state index contributed by atoms with van der Waals surface area (Å²) in [5.74, 6) is 3.78. The summed E-state index contributed by atoms with van der Waals surface area (Å²) in [6.45, 7) is 11.9. The molecule has 4 rings (SSSR count). The number of rotatable bonds is 8. The molecule has 1 aromatic carbocycles. The minimum Gasteiger partial charge on any atom is -0.385 e. The van der Waals surface area contributed by atoms with Crippen LogP contribution >= 0.6 is 12.2 Å². The van der Waals surface area contributed by atoms with Gasteiger partial charge in [0.25, 0.3) is 0 Å². The third kappa shape index (κ3) is 7.18. The summed E-state index contributed by atoms with van der Waals surface area (Å²) in [5.41, 5.74) is 1.28. The van der Waals surface area contributed by atoms with Gasteiger partial charge in [0.2, 0.25) is 5.95 Å². The van der Waals surface area contributed by atoms with E-state index >= 15 is 0 Å². The van der Waals surface area contributed by atoms with Crippen LogP contribution in [0, 0.1) is 11.8 Å². The van der Waals surface area contributed by atoms with Crippen LogP contribution in [0.25, 0.3) is 0 Å². The fraction of sp³-hybridized carbons (Fsp3) is 0.577. The number of hydrogen-bond acceptors (Lipinski definition) is 7. The number of para-hydroxylation sites is 1. The second kappa shape index (κ2) is 12.4. The molecule has 2 fully saturated rings. The highest BCUT2D eigenvalue weighted by atomic mass is 32.1. The van der Waals surface area contributed by atoms with Crippen LogP contribution in [0.5, 0.6) is 0 Å². The zero-order chi connectivity index (χ0) is 24.6. The first-order valence-corrected chi connectivity index (χ1v) is 13.2. The van der Waals surface area contributed by atoms with Crippen molar-refractivity contribution in [2.45, 2.75) is 26.7 Å². The maximum atomic E-state index is 5.52. The number of hydrogen-bond donors (Lipinski definition) is 2. The van der Waals surface area contributed by atoms with Gasteiger partial charge in [-0.1, -0.05) is 32.0 Å². The van der Waals surface area contributed by atoms with Gasteiger partial charge in [-0.15, -0.1) is 0 Å². The number of methoxy groups -OCH3 is 1. The fourth-order valence-corrected chi connectivity index (χ4v) is 5.24. The average molecular weight is 498 g/mol. The average Bonchev–Trinajstić information content (AvgIpc) is 2.86. The Labute approximate surface area is 215 Å². The number of nitrogens with one attached hydrogen (secondary N) is 2. The molecule has 0 aliphatic carbocycles. The van der Waals surface area contributed by atoms with E-state index in [9.17, 15) is 0 Å². The van der Waals surface area contributed by atoms with Crippen LogP contribution in [0.4, 0.5) is 23.3 Å². The third-order valence-corrected chi connectivity index (χ3v) is 6.90. The highest BCUT2D eigenvalue weighted by Crippen LogP contribution is 2.29. The smallest absolute Gasteiger partial charge is 0.232 e. The highest BCUT2D eigenvalue weighted by Gasteiger charge is 2.25. The van der Waals surface area contributed by atoms with Crippen LogP contribution in [-0.2, 0) is 4.74 Å². The summed E-state index contributed by atoms with van der Waals surface area (Å²) in [4.78, 5) is 17.0. The van der Waals surface area contributed by atoms with Gasteiger partial charge in [-0.2, -0.15) is 9.97 Å². The molecule has 2 N–H and O–H groups in total. The van der Waals surface area contributed by atoms with Crippen LogP contribution in [0.1, 0.15) is 26.7 Å². The molecule has 2 atom stereocenters. The van der Waals surface area contributed by atoms with Gasteiger partial charge >= 0.3 is 0 Å². The van der Waals surface area contributed by atoms with Crippen molar-refractivity contribution < 1.29 is 4.74 Å². The summed E-state index contributed by atoms with van der Waals surface area (Å²) in [6, 6.07) is 12.8. The minimum atomic E-state index is 0.540. The largest absolute Gasteiger partial charge is 0.385 e. The van der Waals surface area contributed by atoms with Crippen molar-refractivity contribution in [2.75, 3.05) is 79.5 Å². The Bertz CT molecular complexity index is 942. The normalized spacial score (nSPS) is 20.6. The Kier molecular flexibility index (Phi) is 8.98. The molecule has 0 saturated carbocycles. The van der Waals surface area contributed by atoms with E-state index in [-0.39, 0.29) is 0 Å². The van der Waals surface area contributed by atoms with Crippen molar-refractivity contribution >= 4 is 40.6 Å². The van der Waals surface area contributed by atoms with E-state index < -0.39 is 0 Å². The van der Waals surface area contributed by atoms with Crippen LogP contribution in [-0.4, -0.2) is 74.6 Å². The van der Waals surface area contributed by atoms with Gasteiger partial charge in [0.1, 0.15) is 11.6 Å². The number of aromatic nitrogens is 2. The molecule has 0 radical (unpaired) electrons. The Balaban J connectivity index is 1.49. The van der Waals surface area contributed by atoms with Crippen LogP contribution in [0.3, 0.4) is 0 Å². The number of benzene rings is 1. The van der Waals surface area contributed by atoms with E-state index in [1.54, 1.807) is 7.11 Å². The van der Waals surface area contributed by atoms with Crippen molar-refractivity contribution in [3.05, 3.63) is 36.4 Å². The maximum absolute atomic E-state index is 5.52. The van der Waals surface area contributed by atoms with Gasteiger partial charge < -0.3 is 30.1 Å². The van der Waals surface area contributed by atoms with Gasteiger partial charge in [-0.25, -0.2) is 0 Å². The van der Waals surface area contributed by atoms with E-state index in [0.29, 0.717) is 29.5 Å². The molecule has 35 heavy (non-hydrogen) atoms. The fourth-order valence-electron chi connectivity index (χ4n) is 5.05. The molecule has 2 aromatic rings. The molecule has 0 spiro atoms. The van der Waals surface area contributed by atoms with E-state index in [4.69, 9.17) is 26.9 Å². The Morgan fingerprint density at radius 1 is 0.971 bits per heavy atom. The van der Waals surface area contributed by atoms with Crippen molar-refractivity contribution in [3.8, 4) is 0 Å². The molecular formula is C26H39N7OS. The lowest BCUT2D eigenvalue weighted by atomic mass is 9.92. The van der Waals surface area contributed by atoms with Crippen LogP contribution in [0.2, 0.25) is 0 Å². The number of ether oxygens (including phenoxy) is 1. The molecule has 0 amide bonds. The first kappa shape index (κ1) is 25.4. The lowest BCUT2D eigenvalue weighted by molar-refractivity contribution is 0.196. The van der Waals surface area contributed by atoms with E-state index in [0.717, 1.165) is 63.9 Å². The quantitative estimate of drug-likeness (QED) is 0.420. The summed E-state index contributed by atoms with van der Waals surface area (Å²) in [7, 11) is 1.71.